The van der Waals surface area contributed by atoms with Crippen LogP contribution in [-0.4, -0.2) is 17.9 Å². The van der Waals surface area contributed by atoms with Gasteiger partial charge < -0.3 is 10.6 Å². The molecule has 2 N–H and O–H groups in total. The molecule has 132 valence electrons. The largest absolute Gasteiger partial charge is 0.352 e. The Morgan fingerprint density at radius 1 is 1.00 bits per heavy atom. The molecule has 0 unspecified atom stereocenters. The minimum absolute atomic E-state index is 0.189. The highest BCUT2D eigenvalue weighted by atomic mass is 16.2. The SMILES string of the molecule is CC(C)c1ccc(NC(=O)C(C)(C)C(=O)NC2CCCCC2)cc1. The molecule has 0 aliphatic heterocycles. The fourth-order valence-electron chi connectivity index (χ4n) is 2.95. The van der Waals surface area contributed by atoms with Gasteiger partial charge in [0, 0.05) is 11.7 Å². The molecule has 24 heavy (non-hydrogen) atoms. The summed E-state index contributed by atoms with van der Waals surface area (Å²) >= 11 is 0. The molecule has 0 saturated heterocycles. The molecule has 0 spiro atoms. The normalized spacial score (nSPS) is 16.0. The van der Waals surface area contributed by atoms with Gasteiger partial charge in [0.15, 0.2) is 0 Å². The molecule has 0 bridgehead atoms. The molecule has 1 aromatic rings. The quantitative estimate of drug-likeness (QED) is 0.794. The van der Waals surface area contributed by atoms with Crippen molar-refractivity contribution < 1.29 is 9.59 Å². The van der Waals surface area contributed by atoms with E-state index < -0.39 is 5.41 Å². The second-order valence-corrected chi connectivity index (χ2v) is 7.66. The Morgan fingerprint density at radius 2 is 1.58 bits per heavy atom. The molecule has 2 rings (SSSR count). The van der Waals surface area contributed by atoms with E-state index in [-0.39, 0.29) is 17.9 Å². The van der Waals surface area contributed by atoms with Crippen LogP contribution in [0.1, 0.15) is 71.3 Å². The number of anilines is 1. The molecular weight excluding hydrogens is 300 g/mol. The summed E-state index contributed by atoms with van der Waals surface area (Å²) in [5.74, 6) is -0.00808. The summed E-state index contributed by atoms with van der Waals surface area (Å²) < 4.78 is 0. The van der Waals surface area contributed by atoms with Crippen LogP contribution in [0, 0.1) is 5.41 Å². The number of carbonyl (C=O) groups is 2. The van der Waals surface area contributed by atoms with Crippen LogP contribution in [-0.2, 0) is 9.59 Å². The Kier molecular flexibility index (Phi) is 6.03. The molecule has 0 atom stereocenters. The molecule has 1 aliphatic carbocycles. The van der Waals surface area contributed by atoms with E-state index in [1.807, 2.05) is 24.3 Å². The van der Waals surface area contributed by atoms with E-state index >= 15 is 0 Å². The highest BCUT2D eigenvalue weighted by Crippen LogP contribution is 2.23. The highest BCUT2D eigenvalue weighted by Gasteiger charge is 2.37. The van der Waals surface area contributed by atoms with Crippen molar-refractivity contribution in [3.8, 4) is 0 Å². The summed E-state index contributed by atoms with van der Waals surface area (Å²) in [6.45, 7) is 7.63. The van der Waals surface area contributed by atoms with Crippen LogP contribution in [0.4, 0.5) is 5.69 Å². The van der Waals surface area contributed by atoms with E-state index in [0.717, 1.165) is 31.4 Å². The minimum atomic E-state index is -1.09. The van der Waals surface area contributed by atoms with Gasteiger partial charge in [0.1, 0.15) is 5.41 Å². The molecule has 1 aromatic carbocycles. The van der Waals surface area contributed by atoms with Crippen molar-refractivity contribution in [3.63, 3.8) is 0 Å². The summed E-state index contributed by atoms with van der Waals surface area (Å²) in [5.41, 5.74) is 0.860. The second kappa shape index (κ2) is 7.82. The lowest BCUT2D eigenvalue weighted by Crippen LogP contribution is -2.49. The fourth-order valence-corrected chi connectivity index (χ4v) is 2.95. The highest BCUT2D eigenvalue weighted by molar-refractivity contribution is 6.09. The number of amides is 2. The third-order valence-corrected chi connectivity index (χ3v) is 4.91. The third kappa shape index (κ3) is 4.59. The lowest BCUT2D eigenvalue weighted by molar-refractivity contribution is -0.139. The Labute approximate surface area is 145 Å². The maximum Gasteiger partial charge on any atom is 0.239 e. The average molecular weight is 330 g/mol. The van der Waals surface area contributed by atoms with Gasteiger partial charge in [0.05, 0.1) is 0 Å². The number of rotatable bonds is 5. The maximum atomic E-state index is 12.6. The van der Waals surface area contributed by atoms with Gasteiger partial charge >= 0.3 is 0 Å². The molecule has 4 heteroatoms. The summed E-state index contributed by atoms with van der Waals surface area (Å²) in [5, 5.41) is 5.92. The van der Waals surface area contributed by atoms with E-state index in [9.17, 15) is 9.59 Å². The standard InChI is InChI=1S/C20H30N2O2/c1-14(2)15-10-12-17(13-11-15)22-19(24)20(3,4)18(23)21-16-8-6-5-7-9-16/h10-14,16H,5-9H2,1-4H3,(H,21,23)(H,22,24). The van der Waals surface area contributed by atoms with Crippen molar-refractivity contribution in [2.75, 3.05) is 5.32 Å². The Bertz CT molecular complexity index is 570. The van der Waals surface area contributed by atoms with Crippen molar-refractivity contribution in [2.24, 2.45) is 5.41 Å². The first-order valence-corrected chi connectivity index (χ1v) is 9.03. The number of hydrogen-bond donors (Lipinski definition) is 2. The maximum absolute atomic E-state index is 12.6. The van der Waals surface area contributed by atoms with Gasteiger partial charge in [-0.2, -0.15) is 0 Å². The second-order valence-electron chi connectivity index (χ2n) is 7.66. The van der Waals surface area contributed by atoms with Crippen LogP contribution in [0.3, 0.4) is 0 Å². The van der Waals surface area contributed by atoms with Crippen LogP contribution in [0.2, 0.25) is 0 Å². The summed E-state index contributed by atoms with van der Waals surface area (Å²) in [6.07, 6.45) is 5.57. The monoisotopic (exact) mass is 330 g/mol. The third-order valence-electron chi connectivity index (χ3n) is 4.91. The van der Waals surface area contributed by atoms with Gasteiger partial charge in [-0.15, -0.1) is 0 Å². The summed E-state index contributed by atoms with van der Waals surface area (Å²) in [6, 6.07) is 8.01. The number of benzene rings is 1. The predicted octanol–water partition coefficient (Wildman–Crippen LogP) is 4.22. The Hall–Kier alpha value is -1.84. The van der Waals surface area contributed by atoms with E-state index in [1.165, 1.54) is 12.0 Å². The number of hydrogen-bond acceptors (Lipinski definition) is 2. The first kappa shape index (κ1) is 18.5. The van der Waals surface area contributed by atoms with Crippen LogP contribution in [0.25, 0.3) is 0 Å². The van der Waals surface area contributed by atoms with Gasteiger partial charge in [0.2, 0.25) is 11.8 Å². The molecular formula is C20H30N2O2. The Morgan fingerprint density at radius 3 is 2.12 bits per heavy atom. The van der Waals surface area contributed by atoms with Gasteiger partial charge in [-0.3, -0.25) is 9.59 Å². The molecule has 0 heterocycles. The fraction of sp³-hybridized carbons (Fsp3) is 0.600. The molecule has 2 amide bonds. The Balaban J connectivity index is 1.96. The number of nitrogens with one attached hydrogen (secondary N) is 2. The zero-order valence-electron chi connectivity index (χ0n) is 15.3. The van der Waals surface area contributed by atoms with Crippen molar-refractivity contribution in [3.05, 3.63) is 29.8 Å². The van der Waals surface area contributed by atoms with Crippen LogP contribution in [0.5, 0.6) is 0 Å². The molecule has 0 aromatic heterocycles. The molecule has 4 nitrogen and oxygen atoms in total. The van der Waals surface area contributed by atoms with E-state index in [1.54, 1.807) is 13.8 Å². The van der Waals surface area contributed by atoms with Crippen molar-refractivity contribution in [1.29, 1.82) is 0 Å². The van der Waals surface area contributed by atoms with Gasteiger partial charge in [-0.1, -0.05) is 45.2 Å². The van der Waals surface area contributed by atoms with Crippen LogP contribution < -0.4 is 10.6 Å². The topological polar surface area (TPSA) is 58.2 Å². The van der Waals surface area contributed by atoms with E-state index in [0.29, 0.717) is 5.92 Å². The minimum Gasteiger partial charge on any atom is -0.352 e. The average Bonchev–Trinajstić information content (AvgIpc) is 2.56. The lowest BCUT2D eigenvalue weighted by Gasteiger charge is -2.28. The number of carbonyl (C=O) groups excluding carboxylic acids is 2. The molecule has 1 saturated carbocycles. The van der Waals surface area contributed by atoms with E-state index in [4.69, 9.17) is 0 Å². The molecule has 0 radical (unpaired) electrons. The lowest BCUT2D eigenvalue weighted by atomic mass is 9.88. The van der Waals surface area contributed by atoms with Gasteiger partial charge in [0.25, 0.3) is 0 Å². The molecule has 1 aliphatic rings. The molecule has 1 fully saturated rings. The van der Waals surface area contributed by atoms with Crippen molar-refractivity contribution in [1.82, 2.24) is 5.32 Å². The van der Waals surface area contributed by atoms with Gasteiger partial charge in [-0.25, -0.2) is 0 Å². The first-order chi connectivity index (χ1) is 11.3. The first-order valence-electron chi connectivity index (χ1n) is 9.03. The zero-order valence-corrected chi connectivity index (χ0v) is 15.3. The summed E-state index contributed by atoms with van der Waals surface area (Å²) in [7, 11) is 0. The zero-order chi connectivity index (χ0) is 17.7. The van der Waals surface area contributed by atoms with Gasteiger partial charge in [-0.05, 0) is 50.3 Å². The smallest absolute Gasteiger partial charge is 0.239 e. The predicted molar refractivity (Wildman–Crippen MR) is 98.0 cm³/mol. The van der Waals surface area contributed by atoms with Crippen LogP contribution >= 0.6 is 0 Å². The summed E-state index contributed by atoms with van der Waals surface area (Å²) in [4.78, 5) is 25.1. The van der Waals surface area contributed by atoms with Crippen LogP contribution in [0.15, 0.2) is 24.3 Å². The van der Waals surface area contributed by atoms with Crippen molar-refractivity contribution in [2.45, 2.75) is 71.8 Å². The van der Waals surface area contributed by atoms with Crippen molar-refractivity contribution >= 4 is 17.5 Å². The van der Waals surface area contributed by atoms with E-state index in [2.05, 4.69) is 24.5 Å².